The summed E-state index contributed by atoms with van der Waals surface area (Å²) in [6, 6.07) is 0. The third kappa shape index (κ3) is 3.27. The topological polar surface area (TPSA) is 84.1 Å². The van der Waals surface area contributed by atoms with Crippen LogP contribution < -0.4 is 11.1 Å². The molecule has 0 aromatic carbocycles. The van der Waals surface area contributed by atoms with Crippen molar-refractivity contribution < 1.29 is 4.79 Å². The number of anilines is 1. The molecule has 0 aliphatic heterocycles. The number of aromatic nitrogens is 2. The third-order valence-corrected chi connectivity index (χ3v) is 2.23. The number of hydrogen-bond donors (Lipinski definition) is 2. The van der Waals surface area contributed by atoms with Crippen LogP contribution in [0.4, 0.5) is 5.13 Å². The molecule has 78 valence electrons. The van der Waals surface area contributed by atoms with Crippen LogP contribution in [0.2, 0.25) is 0 Å². The molecule has 1 heterocycles. The van der Waals surface area contributed by atoms with Gasteiger partial charge in [-0.25, -0.2) is 0 Å². The van der Waals surface area contributed by atoms with Gasteiger partial charge < -0.3 is 16.0 Å². The van der Waals surface area contributed by atoms with Crippen LogP contribution in [0, 0.1) is 0 Å². The number of likely N-dealkylation sites (N-methyl/N-ethyl adjacent to an activating group) is 1. The molecule has 0 fully saturated rings. The van der Waals surface area contributed by atoms with Gasteiger partial charge in [0.05, 0.1) is 0 Å². The van der Waals surface area contributed by atoms with Crippen molar-refractivity contribution in [2.24, 2.45) is 0 Å². The maximum atomic E-state index is 11.4. The minimum atomic E-state index is -0.221. The Morgan fingerprint density at radius 3 is 2.79 bits per heavy atom. The van der Waals surface area contributed by atoms with Crippen LogP contribution in [0.3, 0.4) is 0 Å². The Morgan fingerprint density at radius 1 is 1.57 bits per heavy atom. The van der Waals surface area contributed by atoms with Gasteiger partial charge in [-0.3, -0.25) is 4.79 Å². The van der Waals surface area contributed by atoms with Crippen LogP contribution in [0.25, 0.3) is 0 Å². The molecular formula is C7H13N5OS. The average Bonchev–Trinajstić information content (AvgIpc) is 2.51. The molecule has 0 saturated carbocycles. The van der Waals surface area contributed by atoms with E-state index in [0.717, 1.165) is 17.9 Å². The summed E-state index contributed by atoms with van der Waals surface area (Å²) in [5.41, 5.74) is 5.35. The number of rotatable bonds is 4. The zero-order chi connectivity index (χ0) is 10.6. The maximum absolute atomic E-state index is 11.4. The van der Waals surface area contributed by atoms with Gasteiger partial charge in [-0.15, -0.1) is 10.2 Å². The fraction of sp³-hybridized carbons (Fsp3) is 0.571. The first kappa shape index (κ1) is 10.9. The van der Waals surface area contributed by atoms with Gasteiger partial charge in [0.1, 0.15) is 0 Å². The Bertz CT molecular complexity index is 311. The fourth-order valence-electron chi connectivity index (χ4n) is 0.795. The molecule has 1 aromatic rings. The van der Waals surface area contributed by atoms with Crippen LogP contribution >= 0.6 is 11.3 Å². The molecule has 0 aliphatic carbocycles. The summed E-state index contributed by atoms with van der Waals surface area (Å²) in [6.45, 7) is 1.38. The Morgan fingerprint density at radius 2 is 2.29 bits per heavy atom. The SMILES string of the molecule is CN(C)CCNC(=O)c1nnc(N)s1. The first-order valence-corrected chi connectivity index (χ1v) is 4.93. The van der Waals surface area contributed by atoms with Gasteiger partial charge in [0.2, 0.25) is 10.1 Å². The van der Waals surface area contributed by atoms with E-state index in [2.05, 4.69) is 15.5 Å². The third-order valence-electron chi connectivity index (χ3n) is 1.48. The Labute approximate surface area is 86.1 Å². The predicted molar refractivity (Wildman–Crippen MR) is 55.2 cm³/mol. The highest BCUT2D eigenvalue weighted by molar-refractivity contribution is 7.16. The summed E-state index contributed by atoms with van der Waals surface area (Å²) in [6.07, 6.45) is 0. The van der Waals surface area contributed by atoms with Crippen molar-refractivity contribution >= 4 is 22.4 Å². The van der Waals surface area contributed by atoms with Crippen molar-refractivity contribution in [1.29, 1.82) is 0 Å². The number of nitrogen functional groups attached to an aromatic ring is 1. The number of amides is 1. The summed E-state index contributed by atoms with van der Waals surface area (Å²) < 4.78 is 0. The lowest BCUT2D eigenvalue weighted by Gasteiger charge is -2.08. The molecule has 0 aliphatic rings. The largest absolute Gasteiger partial charge is 0.374 e. The van der Waals surface area contributed by atoms with Gasteiger partial charge in [0, 0.05) is 13.1 Å². The lowest BCUT2D eigenvalue weighted by Crippen LogP contribution is -2.31. The van der Waals surface area contributed by atoms with E-state index in [0.29, 0.717) is 16.7 Å². The molecule has 0 bridgehead atoms. The minimum absolute atomic E-state index is 0.221. The van der Waals surface area contributed by atoms with E-state index < -0.39 is 0 Å². The van der Waals surface area contributed by atoms with Gasteiger partial charge in [0.25, 0.3) is 5.91 Å². The maximum Gasteiger partial charge on any atom is 0.282 e. The zero-order valence-corrected chi connectivity index (χ0v) is 8.97. The van der Waals surface area contributed by atoms with Crippen molar-refractivity contribution in [3.8, 4) is 0 Å². The van der Waals surface area contributed by atoms with Gasteiger partial charge in [0.15, 0.2) is 0 Å². The highest BCUT2D eigenvalue weighted by Gasteiger charge is 2.10. The van der Waals surface area contributed by atoms with Crippen LogP contribution in [0.1, 0.15) is 9.80 Å². The Kier molecular flexibility index (Phi) is 3.78. The second kappa shape index (κ2) is 4.87. The number of hydrogen-bond acceptors (Lipinski definition) is 6. The highest BCUT2D eigenvalue weighted by Crippen LogP contribution is 2.09. The standard InChI is InChI=1S/C7H13N5OS/c1-12(2)4-3-9-5(13)6-10-11-7(8)14-6/h3-4H2,1-2H3,(H2,8,11)(H,9,13). The van der Waals surface area contributed by atoms with E-state index in [1.165, 1.54) is 0 Å². The molecular weight excluding hydrogens is 202 g/mol. The zero-order valence-electron chi connectivity index (χ0n) is 8.15. The Hall–Kier alpha value is -1.21. The highest BCUT2D eigenvalue weighted by atomic mass is 32.1. The van der Waals surface area contributed by atoms with Gasteiger partial charge >= 0.3 is 0 Å². The smallest absolute Gasteiger partial charge is 0.282 e. The predicted octanol–water partition coefficient (Wildman–Crippen LogP) is -0.588. The number of nitrogens with one attached hydrogen (secondary N) is 1. The molecule has 14 heavy (non-hydrogen) atoms. The van der Waals surface area contributed by atoms with Crippen molar-refractivity contribution in [3.63, 3.8) is 0 Å². The number of carbonyl (C=O) groups excluding carboxylic acids is 1. The summed E-state index contributed by atoms with van der Waals surface area (Å²) >= 11 is 1.08. The van der Waals surface area contributed by atoms with E-state index in [9.17, 15) is 4.79 Å². The van der Waals surface area contributed by atoms with E-state index in [1.54, 1.807) is 0 Å². The Balaban J connectivity index is 2.36. The summed E-state index contributed by atoms with van der Waals surface area (Å²) in [7, 11) is 3.88. The van der Waals surface area contributed by atoms with Crippen LogP contribution in [-0.4, -0.2) is 48.2 Å². The van der Waals surface area contributed by atoms with Crippen LogP contribution in [-0.2, 0) is 0 Å². The van der Waals surface area contributed by atoms with Gasteiger partial charge in [-0.05, 0) is 14.1 Å². The first-order valence-electron chi connectivity index (χ1n) is 4.11. The molecule has 0 saturated heterocycles. The normalized spacial score (nSPS) is 10.5. The average molecular weight is 215 g/mol. The quantitative estimate of drug-likeness (QED) is 0.701. The van der Waals surface area contributed by atoms with Crippen molar-refractivity contribution in [1.82, 2.24) is 20.4 Å². The number of nitrogens with two attached hydrogens (primary N) is 1. The lowest BCUT2D eigenvalue weighted by atomic mass is 10.5. The van der Waals surface area contributed by atoms with Gasteiger partial charge in [-0.1, -0.05) is 11.3 Å². The van der Waals surface area contributed by atoms with Crippen molar-refractivity contribution in [2.45, 2.75) is 0 Å². The minimum Gasteiger partial charge on any atom is -0.374 e. The summed E-state index contributed by atoms with van der Waals surface area (Å²) in [4.78, 5) is 13.3. The molecule has 0 spiro atoms. The van der Waals surface area contributed by atoms with E-state index >= 15 is 0 Å². The molecule has 1 aromatic heterocycles. The molecule has 0 atom stereocenters. The molecule has 1 amide bonds. The van der Waals surface area contributed by atoms with E-state index in [-0.39, 0.29) is 5.91 Å². The molecule has 0 radical (unpaired) electrons. The summed E-state index contributed by atoms with van der Waals surface area (Å²) in [5.74, 6) is -0.221. The van der Waals surface area contributed by atoms with Crippen LogP contribution in [0.15, 0.2) is 0 Å². The number of carbonyl (C=O) groups is 1. The van der Waals surface area contributed by atoms with Crippen LogP contribution in [0.5, 0.6) is 0 Å². The first-order chi connectivity index (χ1) is 6.59. The second-order valence-electron chi connectivity index (χ2n) is 3.00. The van der Waals surface area contributed by atoms with Crippen molar-refractivity contribution in [3.05, 3.63) is 5.01 Å². The van der Waals surface area contributed by atoms with E-state index in [4.69, 9.17) is 5.73 Å². The lowest BCUT2D eigenvalue weighted by molar-refractivity contribution is 0.0950. The van der Waals surface area contributed by atoms with Crippen molar-refractivity contribution in [2.75, 3.05) is 32.9 Å². The molecule has 3 N–H and O–H groups in total. The summed E-state index contributed by atoms with van der Waals surface area (Å²) in [5, 5.41) is 10.5. The molecule has 6 nitrogen and oxygen atoms in total. The molecule has 7 heteroatoms. The van der Waals surface area contributed by atoms with Gasteiger partial charge in [-0.2, -0.15) is 0 Å². The number of nitrogens with zero attached hydrogens (tertiary/aromatic N) is 3. The molecule has 1 rings (SSSR count). The second-order valence-corrected chi connectivity index (χ2v) is 4.01. The fourth-order valence-corrected chi connectivity index (χ4v) is 1.32. The molecule has 0 unspecified atom stereocenters. The van der Waals surface area contributed by atoms with E-state index in [1.807, 2.05) is 19.0 Å². The monoisotopic (exact) mass is 215 g/mol.